The molecule has 0 amide bonds. The van der Waals surface area contributed by atoms with Crippen LogP contribution in [0.3, 0.4) is 0 Å². The molecule has 0 unspecified atom stereocenters. The number of rotatable bonds is 5. The standard InChI is InChI=1S/C63H63N/c1-60(2,3)43-35-42(36-44(37-43)61(4,5)6)49-16-11-14-23-58(49)64(47-26-24-41(25-27-47)50-19-15-20-54-52-18-9-12-21-55(52)62(7,8)59(50)54)48-28-29-53-51-17-10-13-22-56(51)63(57(53)38-48)45-31-39-30-40(33-45)34-46(63)32-39/h9-29,35-40,45-46H,30-34H2,1-8H3. The molecule has 0 heterocycles. The number of hydrogen-bond donors (Lipinski definition) is 0. The highest BCUT2D eigenvalue weighted by Gasteiger charge is 2.61. The van der Waals surface area contributed by atoms with Crippen LogP contribution in [0.4, 0.5) is 17.1 Å². The number of benzene rings is 7. The molecule has 0 N–H and O–H groups in total. The zero-order chi connectivity index (χ0) is 43.9. The van der Waals surface area contributed by atoms with Crippen molar-refractivity contribution in [3.8, 4) is 44.5 Å². The minimum absolute atomic E-state index is 0.00991. The Labute approximate surface area is 382 Å². The average molecular weight is 834 g/mol. The molecule has 0 atom stereocenters. The van der Waals surface area contributed by atoms with E-state index in [4.69, 9.17) is 0 Å². The SMILES string of the molecule is CC(C)(C)c1cc(-c2ccccc2N(c2ccc(-c3cccc4c3C(C)(C)c3ccccc3-4)cc2)c2ccc3c(c2)C2(c4ccccc4-3)C3CC4CC(C3)CC2C4)cc(C(C)(C)C)c1. The molecule has 0 saturated heterocycles. The Morgan fingerprint density at radius 1 is 0.422 bits per heavy atom. The van der Waals surface area contributed by atoms with E-state index in [1.807, 2.05) is 0 Å². The normalized spacial score (nSPS) is 23.2. The molecule has 320 valence electrons. The van der Waals surface area contributed by atoms with E-state index in [9.17, 15) is 0 Å². The summed E-state index contributed by atoms with van der Waals surface area (Å²) in [5, 5.41) is 0. The molecule has 7 aromatic carbocycles. The van der Waals surface area contributed by atoms with E-state index in [0.29, 0.717) is 11.8 Å². The Kier molecular flexibility index (Phi) is 8.68. The lowest BCUT2D eigenvalue weighted by Gasteiger charge is -2.61. The van der Waals surface area contributed by atoms with Crippen molar-refractivity contribution in [1.29, 1.82) is 0 Å². The van der Waals surface area contributed by atoms with Gasteiger partial charge in [0, 0.05) is 27.8 Å². The summed E-state index contributed by atoms with van der Waals surface area (Å²) in [6.45, 7) is 18.9. The van der Waals surface area contributed by atoms with Gasteiger partial charge >= 0.3 is 0 Å². The van der Waals surface area contributed by atoms with Crippen LogP contribution in [0.15, 0.2) is 152 Å². The fraction of sp³-hybridized carbons (Fsp3) is 0.333. The summed E-state index contributed by atoms with van der Waals surface area (Å²) in [6, 6.07) is 59.2. The molecule has 64 heavy (non-hydrogen) atoms. The summed E-state index contributed by atoms with van der Waals surface area (Å²) in [4.78, 5) is 2.60. The second kappa shape index (κ2) is 13.9. The summed E-state index contributed by atoms with van der Waals surface area (Å²) >= 11 is 0. The molecular weight excluding hydrogens is 771 g/mol. The molecular formula is C63H63N. The molecule has 1 spiro atoms. The first-order valence-electron chi connectivity index (χ1n) is 24.3. The number of anilines is 3. The molecule has 0 radical (unpaired) electrons. The predicted molar refractivity (Wildman–Crippen MR) is 270 cm³/mol. The van der Waals surface area contributed by atoms with Gasteiger partial charge in [-0.25, -0.2) is 0 Å². The van der Waals surface area contributed by atoms with Crippen LogP contribution in [0.25, 0.3) is 44.5 Å². The van der Waals surface area contributed by atoms with Gasteiger partial charge in [-0.15, -0.1) is 0 Å². The molecule has 4 saturated carbocycles. The van der Waals surface area contributed by atoms with Crippen LogP contribution in [0.2, 0.25) is 0 Å². The third-order valence-electron chi connectivity index (χ3n) is 16.9. The van der Waals surface area contributed by atoms with Gasteiger partial charge in [-0.05, 0) is 169 Å². The lowest BCUT2D eigenvalue weighted by atomic mass is 9.43. The molecule has 13 rings (SSSR count). The second-order valence-electron chi connectivity index (χ2n) is 23.0. The van der Waals surface area contributed by atoms with Crippen molar-refractivity contribution in [2.75, 3.05) is 4.90 Å². The number of nitrogens with zero attached hydrogens (tertiary/aromatic N) is 1. The van der Waals surface area contributed by atoms with Crippen molar-refractivity contribution in [1.82, 2.24) is 0 Å². The molecule has 6 aliphatic carbocycles. The number of fused-ring (bicyclic) bond motifs is 6. The van der Waals surface area contributed by atoms with E-state index in [-0.39, 0.29) is 21.7 Å². The maximum Gasteiger partial charge on any atom is 0.0540 e. The van der Waals surface area contributed by atoms with Gasteiger partial charge in [0.2, 0.25) is 0 Å². The summed E-state index contributed by atoms with van der Waals surface area (Å²) in [5.41, 5.74) is 23.3. The van der Waals surface area contributed by atoms with Gasteiger partial charge in [0.25, 0.3) is 0 Å². The zero-order valence-corrected chi connectivity index (χ0v) is 39.2. The summed E-state index contributed by atoms with van der Waals surface area (Å²) in [6.07, 6.45) is 6.98. The van der Waals surface area contributed by atoms with E-state index < -0.39 is 0 Å². The highest BCUT2D eigenvalue weighted by Crippen LogP contribution is 2.69. The van der Waals surface area contributed by atoms with Gasteiger partial charge in [0.15, 0.2) is 0 Å². The van der Waals surface area contributed by atoms with E-state index in [1.165, 1.54) is 116 Å². The van der Waals surface area contributed by atoms with Crippen molar-refractivity contribution in [3.05, 3.63) is 185 Å². The smallest absolute Gasteiger partial charge is 0.0540 e. The van der Waals surface area contributed by atoms with Gasteiger partial charge in [-0.3, -0.25) is 0 Å². The van der Waals surface area contributed by atoms with Crippen molar-refractivity contribution < 1.29 is 0 Å². The average Bonchev–Trinajstić information content (AvgIpc) is 3.70. The second-order valence-corrected chi connectivity index (χ2v) is 23.0. The van der Waals surface area contributed by atoms with Crippen molar-refractivity contribution in [2.24, 2.45) is 23.7 Å². The Hall–Kier alpha value is -5.66. The molecule has 7 aromatic rings. The maximum atomic E-state index is 2.66. The summed E-state index contributed by atoms with van der Waals surface area (Å²) in [7, 11) is 0. The van der Waals surface area contributed by atoms with Crippen LogP contribution in [-0.2, 0) is 21.7 Å². The van der Waals surface area contributed by atoms with Gasteiger partial charge in [0.1, 0.15) is 0 Å². The first-order valence-corrected chi connectivity index (χ1v) is 24.3. The lowest BCUT2D eigenvalue weighted by Crippen LogP contribution is -2.55. The first kappa shape index (κ1) is 39.9. The van der Waals surface area contributed by atoms with Crippen LogP contribution in [0.5, 0.6) is 0 Å². The molecule has 0 aliphatic heterocycles. The maximum absolute atomic E-state index is 2.66. The number of para-hydroxylation sites is 1. The monoisotopic (exact) mass is 833 g/mol. The van der Waals surface area contributed by atoms with Crippen LogP contribution >= 0.6 is 0 Å². The van der Waals surface area contributed by atoms with Gasteiger partial charge < -0.3 is 4.90 Å². The number of hydrogen-bond acceptors (Lipinski definition) is 1. The molecule has 0 aromatic heterocycles. The van der Waals surface area contributed by atoms with Gasteiger partial charge in [-0.2, -0.15) is 0 Å². The molecule has 6 aliphatic rings. The zero-order valence-electron chi connectivity index (χ0n) is 39.2. The minimum Gasteiger partial charge on any atom is -0.310 e. The van der Waals surface area contributed by atoms with Crippen LogP contribution < -0.4 is 4.90 Å². The largest absolute Gasteiger partial charge is 0.310 e. The predicted octanol–water partition coefficient (Wildman–Crippen LogP) is 17.1. The van der Waals surface area contributed by atoms with Crippen molar-refractivity contribution in [2.45, 2.75) is 109 Å². The molecule has 4 bridgehead atoms. The van der Waals surface area contributed by atoms with Crippen LogP contribution in [0.1, 0.15) is 121 Å². The Bertz CT molecular complexity index is 2940. The molecule has 4 fully saturated rings. The fourth-order valence-corrected chi connectivity index (χ4v) is 14.1. The quantitative estimate of drug-likeness (QED) is 0.167. The Morgan fingerprint density at radius 3 is 1.58 bits per heavy atom. The third kappa shape index (κ3) is 5.81. The van der Waals surface area contributed by atoms with Gasteiger partial charge in [-0.1, -0.05) is 177 Å². The van der Waals surface area contributed by atoms with Crippen LogP contribution in [0, 0.1) is 23.7 Å². The summed E-state index contributed by atoms with van der Waals surface area (Å²) in [5.74, 6) is 3.23. The fourth-order valence-electron chi connectivity index (χ4n) is 14.1. The lowest BCUT2D eigenvalue weighted by molar-refractivity contribution is -0.0399. The highest BCUT2D eigenvalue weighted by molar-refractivity contribution is 5.93. The van der Waals surface area contributed by atoms with E-state index in [1.54, 1.807) is 11.1 Å². The Morgan fingerprint density at radius 2 is 0.938 bits per heavy atom. The highest BCUT2D eigenvalue weighted by atomic mass is 15.1. The third-order valence-corrected chi connectivity index (χ3v) is 16.9. The summed E-state index contributed by atoms with van der Waals surface area (Å²) < 4.78 is 0. The van der Waals surface area contributed by atoms with E-state index in [2.05, 4.69) is 212 Å². The molecule has 1 nitrogen and oxygen atoms in total. The van der Waals surface area contributed by atoms with E-state index in [0.717, 1.165) is 11.8 Å². The van der Waals surface area contributed by atoms with Crippen LogP contribution in [-0.4, -0.2) is 0 Å². The minimum atomic E-state index is -0.0878. The molecule has 1 heteroatoms. The van der Waals surface area contributed by atoms with Gasteiger partial charge in [0.05, 0.1) is 5.69 Å². The first-order chi connectivity index (χ1) is 30.7. The van der Waals surface area contributed by atoms with Crippen molar-refractivity contribution in [3.63, 3.8) is 0 Å². The van der Waals surface area contributed by atoms with Crippen molar-refractivity contribution >= 4 is 17.1 Å². The topological polar surface area (TPSA) is 3.24 Å². The van der Waals surface area contributed by atoms with E-state index >= 15 is 0 Å². The Balaban J connectivity index is 1.06.